The largest absolute Gasteiger partial charge is 0.479 e. The minimum absolute atomic E-state index is 0.0316. The molecule has 0 heterocycles. The summed E-state index contributed by atoms with van der Waals surface area (Å²) in [5.74, 6) is -3.52. The second-order valence-corrected chi connectivity index (χ2v) is 9.66. The summed E-state index contributed by atoms with van der Waals surface area (Å²) < 4.78 is 10.7. The Balaban J connectivity index is 1.44. The van der Waals surface area contributed by atoms with Gasteiger partial charge in [-0.15, -0.1) is 0 Å². The van der Waals surface area contributed by atoms with Crippen LogP contribution in [-0.2, 0) is 30.5 Å². The second-order valence-electron chi connectivity index (χ2n) is 9.66. The Morgan fingerprint density at radius 1 is 0.875 bits per heavy atom. The van der Waals surface area contributed by atoms with E-state index in [9.17, 15) is 29.4 Å². The number of carboxylic acid groups (broad SMARTS) is 1. The summed E-state index contributed by atoms with van der Waals surface area (Å²) in [7, 11) is 0. The number of alkyl carbamates (subject to hydrolysis) is 1. The monoisotopic (exact) mass is 546 g/mol. The maximum Gasteiger partial charge on any atom is 0.407 e. The predicted molar refractivity (Wildman–Crippen MR) is 144 cm³/mol. The zero-order valence-corrected chi connectivity index (χ0v) is 21.8. The van der Waals surface area contributed by atoms with E-state index in [-0.39, 0.29) is 19.1 Å². The number of carbonyl (C=O) groups excluding carboxylic acids is 3. The van der Waals surface area contributed by atoms with Gasteiger partial charge in [0.15, 0.2) is 5.54 Å². The first kappa shape index (κ1) is 28.3. The first-order valence-electron chi connectivity index (χ1n) is 12.7. The van der Waals surface area contributed by atoms with Crippen LogP contribution >= 0.6 is 0 Å². The number of amides is 2. The molecule has 208 valence electrons. The van der Waals surface area contributed by atoms with Crippen molar-refractivity contribution in [2.24, 2.45) is 0 Å². The number of aliphatic hydroxyl groups is 1. The van der Waals surface area contributed by atoms with Crippen molar-refractivity contribution >= 4 is 23.9 Å². The van der Waals surface area contributed by atoms with Crippen molar-refractivity contribution in [3.63, 3.8) is 0 Å². The molecule has 10 heteroatoms. The van der Waals surface area contributed by atoms with Crippen molar-refractivity contribution in [1.29, 1.82) is 0 Å². The molecule has 4 N–H and O–H groups in total. The molecule has 2 amide bonds. The Hall–Kier alpha value is -4.70. The number of carboxylic acids is 1. The van der Waals surface area contributed by atoms with Crippen LogP contribution in [0.4, 0.5) is 4.79 Å². The fraction of sp³-hybridized carbons (Fsp3) is 0.267. The van der Waals surface area contributed by atoms with Gasteiger partial charge in [0, 0.05) is 5.92 Å². The summed E-state index contributed by atoms with van der Waals surface area (Å²) in [4.78, 5) is 50.0. The van der Waals surface area contributed by atoms with E-state index in [1.165, 1.54) is 0 Å². The number of esters is 1. The van der Waals surface area contributed by atoms with E-state index in [1.807, 2.05) is 54.6 Å². The van der Waals surface area contributed by atoms with Gasteiger partial charge in [-0.05, 0) is 34.7 Å². The van der Waals surface area contributed by atoms with Gasteiger partial charge < -0.3 is 30.3 Å². The summed E-state index contributed by atoms with van der Waals surface area (Å²) in [6.45, 7) is 0.105. The average molecular weight is 547 g/mol. The summed E-state index contributed by atoms with van der Waals surface area (Å²) in [5.41, 5.74) is 2.77. The second kappa shape index (κ2) is 12.4. The molecular formula is C30H30N2O8. The molecule has 40 heavy (non-hydrogen) atoms. The van der Waals surface area contributed by atoms with E-state index < -0.39 is 48.5 Å². The summed E-state index contributed by atoms with van der Waals surface area (Å²) in [6, 6.07) is 22.9. The molecule has 0 aromatic heterocycles. The fourth-order valence-corrected chi connectivity index (χ4v) is 4.47. The number of hydrogen-bond acceptors (Lipinski definition) is 7. The number of hydrogen-bond donors (Lipinski definition) is 4. The molecule has 10 nitrogen and oxygen atoms in total. The zero-order chi connectivity index (χ0) is 28.7. The number of ether oxygens (including phenoxy) is 2. The van der Waals surface area contributed by atoms with Crippen molar-refractivity contribution in [2.75, 3.05) is 13.2 Å². The number of rotatable bonds is 11. The standard InChI is InChI=1S/C30H30N2O8/c1-30(18-33,28(36)37)32-27(35)25(15-26(34)39-16-19-9-3-2-4-10-19)31-29(38)40-17-24-22-13-7-5-11-20(22)21-12-6-8-14-23(21)24/h2-14,24-25,33H,15-18H2,1H3,(H,31,38)(H,32,35)(H,36,37)/t25-,30?/m0/s1. The summed E-state index contributed by atoms with van der Waals surface area (Å²) >= 11 is 0. The van der Waals surface area contributed by atoms with Crippen molar-refractivity contribution in [3.8, 4) is 11.1 Å². The van der Waals surface area contributed by atoms with Gasteiger partial charge in [-0.1, -0.05) is 78.9 Å². The van der Waals surface area contributed by atoms with Gasteiger partial charge >= 0.3 is 18.0 Å². The predicted octanol–water partition coefficient (Wildman–Crippen LogP) is 2.98. The van der Waals surface area contributed by atoms with Crippen molar-refractivity contribution < 1.29 is 38.9 Å². The molecule has 0 spiro atoms. The molecule has 4 rings (SSSR count). The van der Waals surface area contributed by atoms with Crippen molar-refractivity contribution in [1.82, 2.24) is 10.6 Å². The van der Waals surface area contributed by atoms with E-state index in [2.05, 4.69) is 10.6 Å². The Morgan fingerprint density at radius 2 is 1.45 bits per heavy atom. The maximum absolute atomic E-state index is 13.0. The molecule has 2 atom stereocenters. The first-order valence-corrected chi connectivity index (χ1v) is 12.7. The molecule has 3 aromatic rings. The lowest BCUT2D eigenvalue weighted by Crippen LogP contribution is -2.60. The van der Waals surface area contributed by atoms with Crippen LogP contribution in [0.3, 0.4) is 0 Å². The highest BCUT2D eigenvalue weighted by Gasteiger charge is 2.38. The van der Waals surface area contributed by atoms with Crippen LogP contribution in [0.25, 0.3) is 11.1 Å². The molecular weight excluding hydrogens is 516 g/mol. The molecule has 0 aliphatic heterocycles. The third-order valence-electron chi connectivity index (χ3n) is 6.75. The fourth-order valence-electron chi connectivity index (χ4n) is 4.47. The topological polar surface area (TPSA) is 151 Å². The average Bonchev–Trinajstić information content (AvgIpc) is 3.28. The number of aliphatic carboxylic acids is 1. The number of fused-ring (bicyclic) bond motifs is 3. The molecule has 0 radical (unpaired) electrons. The van der Waals surface area contributed by atoms with Crippen LogP contribution in [0.1, 0.15) is 36.0 Å². The third-order valence-corrected chi connectivity index (χ3v) is 6.75. The smallest absolute Gasteiger partial charge is 0.407 e. The van der Waals surface area contributed by atoms with Gasteiger partial charge in [-0.2, -0.15) is 0 Å². The third kappa shape index (κ3) is 6.47. The van der Waals surface area contributed by atoms with E-state index in [0.717, 1.165) is 34.7 Å². The summed E-state index contributed by atoms with van der Waals surface area (Å²) in [6.07, 6.45) is -1.57. The lowest BCUT2D eigenvalue weighted by atomic mass is 9.98. The van der Waals surface area contributed by atoms with E-state index >= 15 is 0 Å². The summed E-state index contributed by atoms with van der Waals surface area (Å²) in [5, 5.41) is 23.5. The minimum Gasteiger partial charge on any atom is -0.479 e. The normalized spacial score (nSPS) is 14.2. The maximum atomic E-state index is 13.0. The van der Waals surface area contributed by atoms with Gasteiger partial charge in [-0.3, -0.25) is 9.59 Å². The number of benzene rings is 3. The van der Waals surface area contributed by atoms with Gasteiger partial charge in [0.05, 0.1) is 13.0 Å². The van der Waals surface area contributed by atoms with Crippen LogP contribution in [-0.4, -0.2) is 58.9 Å². The number of nitrogens with one attached hydrogen (secondary N) is 2. The Labute approximate surface area is 230 Å². The zero-order valence-electron chi connectivity index (χ0n) is 21.8. The van der Waals surface area contributed by atoms with Crippen molar-refractivity contribution in [2.45, 2.75) is 37.5 Å². The minimum atomic E-state index is -2.04. The van der Waals surface area contributed by atoms with Gasteiger partial charge in [0.1, 0.15) is 19.3 Å². The molecule has 1 aliphatic carbocycles. The van der Waals surface area contributed by atoms with Crippen molar-refractivity contribution in [3.05, 3.63) is 95.6 Å². The van der Waals surface area contributed by atoms with E-state index in [4.69, 9.17) is 9.47 Å². The van der Waals surface area contributed by atoms with Gasteiger partial charge in [0.2, 0.25) is 5.91 Å². The highest BCUT2D eigenvalue weighted by Crippen LogP contribution is 2.44. The highest BCUT2D eigenvalue weighted by atomic mass is 16.5. The van der Waals surface area contributed by atoms with Gasteiger partial charge in [0.25, 0.3) is 0 Å². The lowest BCUT2D eigenvalue weighted by Gasteiger charge is -2.27. The van der Waals surface area contributed by atoms with Crippen LogP contribution in [0.15, 0.2) is 78.9 Å². The quantitative estimate of drug-likeness (QED) is 0.268. The molecule has 0 saturated heterocycles. The molecule has 3 aromatic carbocycles. The lowest BCUT2D eigenvalue weighted by molar-refractivity contribution is -0.150. The Kier molecular flexibility index (Phi) is 8.80. The number of carbonyl (C=O) groups is 4. The van der Waals surface area contributed by atoms with Crippen LogP contribution in [0, 0.1) is 0 Å². The van der Waals surface area contributed by atoms with Gasteiger partial charge in [-0.25, -0.2) is 9.59 Å². The Bertz CT molecular complexity index is 1350. The van der Waals surface area contributed by atoms with E-state index in [0.29, 0.717) is 0 Å². The van der Waals surface area contributed by atoms with E-state index in [1.54, 1.807) is 24.3 Å². The van der Waals surface area contributed by atoms with Crippen LogP contribution in [0.5, 0.6) is 0 Å². The Morgan fingerprint density at radius 3 is 2.02 bits per heavy atom. The highest BCUT2D eigenvalue weighted by molar-refractivity contribution is 5.93. The SMILES string of the molecule is CC(CO)(NC(=O)[C@H](CC(=O)OCc1ccccc1)NC(=O)OCC1c2ccccc2-c2ccccc21)C(=O)O. The molecule has 0 bridgehead atoms. The number of aliphatic hydroxyl groups excluding tert-OH is 1. The molecule has 1 aliphatic rings. The van der Waals surface area contributed by atoms with Crippen LogP contribution < -0.4 is 10.6 Å². The molecule has 1 unspecified atom stereocenters. The molecule has 0 fully saturated rings. The first-order chi connectivity index (χ1) is 19.2. The van der Waals surface area contributed by atoms with Crippen LogP contribution in [0.2, 0.25) is 0 Å². The molecule has 0 saturated carbocycles.